The van der Waals surface area contributed by atoms with Crippen LogP contribution >= 0.6 is 0 Å². The highest BCUT2D eigenvalue weighted by atomic mass is 16.6. The number of nitrogens with zero attached hydrogens (tertiary/aromatic N) is 3. The second-order valence-corrected chi connectivity index (χ2v) is 4.27. The summed E-state index contributed by atoms with van der Waals surface area (Å²) in [4.78, 5) is 9.96. The molecule has 6 nitrogen and oxygen atoms in total. The van der Waals surface area contributed by atoms with E-state index in [1.165, 1.54) is 16.9 Å². The van der Waals surface area contributed by atoms with Gasteiger partial charge in [0.05, 0.1) is 23.9 Å². The van der Waals surface area contributed by atoms with Gasteiger partial charge < -0.3 is 15.2 Å². The zero-order chi connectivity index (χ0) is 13.2. The van der Waals surface area contributed by atoms with E-state index in [0.29, 0.717) is 0 Å². The minimum absolute atomic E-state index is 0.158. The summed E-state index contributed by atoms with van der Waals surface area (Å²) in [6, 6.07) is 10.4. The quantitative estimate of drug-likeness (QED) is 0.658. The van der Waals surface area contributed by atoms with Crippen LogP contribution in [0.15, 0.2) is 42.6 Å². The third-order valence-electron chi connectivity index (χ3n) is 2.68. The summed E-state index contributed by atoms with van der Waals surface area (Å²) in [5, 5.41) is 24.7. The van der Waals surface area contributed by atoms with E-state index in [-0.39, 0.29) is 12.4 Å². The third kappa shape index (κ3) is 2.54. The van der Waals surface area contributed by atoms with Crippen LogP contribution in [-0.4, -0.2) is 19.8 Å². The van der Waals surface area contributed by atoms with Gasteiger partial charge in [-0.3, -0.25) is 0 Å². The van der Waals surface area contributed by atoms with Crippen molar-refractivity contribution in [2.75, 3.05) is 0 Å². The molecule has 1 heterocycles. The zero-order valence-electron chi connectivity index (χ0n) is 9.85. The van der Waals surface area contributed by atoms with Crippen molar-refractivity contribution in [3.05, 3.63) is 58.3 Å². The number of hydrogen-bond acceptors (Lipinski definition) is 4. The third-order valence-corrected chi connectivity index (χ3v) is 2.68. The van der Waals surface area contributed by atoms with E-state index in [4.69, 9.17) is 0 Å². The van der Waals surface area contributed by atoms with E-state index < -0.39 is 10.5 Å². The van der Waals surface area contributed by atoms with Crippen molar-refractivity contribution in [3.63, 3.8) is 0 Å². The molecule has 0 aliphatic heterocycles. The molecular weight excluding hydrogens is 234 g/mol. The maximum absolute atomic E-state index is 10.5. The van der Waals surface area contributed by atoms with E-state index in [9.17, 15) is 15.2 Å². The molecular formula is C12H13N3O3. The molecule has 2 aromatic rings. The van der Waals surface area contributed by atoms with Crippen molar-refractivity contribution in [1.82, 2.24) is 9.78 Å². The molecule has 0 fully saturated rings. The number of rotatable bonds is 4. The second-order valence-electron chi connectivity index (χ2n) is 4.27. The summed E-state index contributed by atoms with van der Waals surface area (Å²) in [5.41, 5.74) is -0.385. The fourth-order valence-electron chi connectivity index (χ4n) is 1.74. The maximum atomic E-state index is 10.5. The fourth-order valence-corrected chi connectivity index (χ4v) is 1.74. The van der Waals surface area contributed by atoms with Crippen molar-refractivity contribution < 1.29 is 10.0 Å². The molecule has 0 aliphatic rings. The van der Waals surface area contributed by atoms with Crippen molar-refractivity contribution in [2.24, 2.45) is 0 Å². The molecule has 0 bridgehead atoms. The summed E-state index contributed by atoms with van der Waals surface area (Å²) >= 11 is 0. The van der Waals surface area contributed by atoms with Gasteiger partial charge in [-0.1, -0.05) is 30.3 Å². The molecule has 1 aromatic heterocycles. The van der Waals surface area contributed by atoms with Crippen LogP contribution in [-0.2, 0) is 12.1 Å². The monoisotopic (exact) mass is 247 g/mol. The molecule has 1 unspecified atom stereocenters. The van der Waals surface area contributed by atoms with Crippen LogP contribution in [0.3, 0.4) is 0 Å². The minimum Gasteiger partial charge on any atom is -0.383 e. The molecule has 0 aliphatic carbocycles. The highest BCUT2D eigenvalue weighted by Gasteiger charge is 2.26. The molecule has 94 valence electrons. The average Bonchev–Trinajstić information content (AvgIpc) is 2.78. The van der Waals surface area contributed by atoms with Crippen LogP contribution in [0.1, 0.15) is 12.5 Å². The van der Waals surface area contributed by atoms with Crippen LogP contribution in [0.4, 0.5) is 5.82 Å². The molecule has 6 heteroatoms. The lowest BCUT2D eigenvalue weighted by Crippen LogP contribution is -2.27. The standard InChI is InChI=1S/C12H13N3O3/c1-12(16,10-5-3-2-4-6-10)9-14-8-7-11(13-14)15(17)18/h2-8,16H,9H2,1H3. The molecule has 0 spiro atoms. The second kappa shape index (κ2) is 4.58. The van der Waals surface area contributed by atoms with Gasteiger partial charge in [-0.25, -0.2) is 0 Å². The number of benzene rings is 1. The topological polar surface area (TPSA) is 81.2 Å². The lowest BCUT2D eigenvalue weighted by molar-refractivity contribution is -0.389. The van der Waals surface area contributed by atoms with Gasteiger partial charge in [0.15, 0.2) is 0 Å². The highest BCUT2D eigenvalue weighted by molar-refractivity contribution is 5.21. The van der Waals surface area contributed by atoms with Gasteiger partial charge in [-0.15, -0.1) is 0 Å². The number of aromatic nitrogens is 2. The highest BCUT2D eigenvalue weighted by Crippen LogP contribution is 2.22. The molecule has 1 aromatic carbocycles. The number of hydrogen-bond donors (Lipinski definition) is 1. The Morgan fingerprint density at radius 3 is 2.61 bits per heavy atom. The summed E-state index contributed by atoms with van der Waals surface area (Å²) in [6.45, 7) is 1.81. The Morgan fingerprint density at radius 1 is 1.39 bits per heavy atom. The maximum Gasteiger partial charge on any atom is 0.389 e. The normalized spacial score (nSPS) is 14.1. The van der Waals surface area contributed by atoms with Crippen molar-refractivity contribution in [3.8, 4) is 0 Å². The predicted octanol–water partition coefficient (Wildman–Crippen LogP) is 1.70. The molecule has 18 heavy (non-hydrogen) atoms. The lowest BCUT2D eigenvalue weighted by Gasteiger charge is -2.22. The minimum atomic E-state index is -1.12. The van der Waals surface area contributed by atoms with Gasteiger partial charge in [0.1, 0.15) is 5.60 Å². The first-order chi connectivity index (χ1) is 8.49. The van der Waals surface area contributed by atoms with Crippen molar-refractivity contribution in [2.45, 2.75) is 19.1 Å². The summed E-state index contributed by atoms with van der Waals surface area (Å²) in [6.07, 6.45) is 1.48. The molecule has 0 saturated carbocycles. The summed E-state index contributed by atoms with van der Waals surface area (Å²) < 4.78 is 1.37. The first-order valence-electron chi connectivity index (χ1n) is 5.45. The van der Waals surface area contributed by atoms with Crippen LogP contribution in [0.25, 0.3) is 0 Å². The summed E-state index contributed by atoms with van der Waals surface area (Å²) in [7, 11) is 0. The van der Waals surface area contributed by atoms with Crippen molar-refractivity contribution in [1.29, 1.82) is 0 Å². The van der Waals surface area contributed by atoms with Gasteiger partial charge >= 0.3 is 5.82 Å². The lowest BCUT2D eigenvalue weighted by atomic mass is 9.96. The SMILES string of the molecule is CC(O)(Cn1ccc([N+](=O)[O-])n1)c1ccccc1. The average molecular weight is 247 g/mol. The van der Waals surface area contributed by atoms with Gasteiger partial charge in [0, 0.05) is 0 Å². The van der Waals surface area contributed by atoms with E-state index >= 15 is 0 Å². The van der Waals surface area contributed by atoms with Gasteiger partial charge in [0.2, 0.25) is 0 Å². The first-order valence-corrected chi connectivity index (χ1v) is 5.45. The van der Waals surface area contributed by atoms with E-state index in [1.54, 1.807) is 19.1 Å². The van der Waals surface area contributed by atoms with E-state index in [1.807, 2.05) is 18.2 Å². The molecule has 0 amide bonds. The smallest absolute Gasteiger partial charge is 0.383 e. The molecule has 0 saturated heterocycles. The Morgan fingerprint density at radius 2 is 2.06 bits per heavy atom. The number of nitro groups is 1. The Hall–Kier alpha value is -2.21. The van der Waals surface area contributed by atoms with Crippen LogP contribution in [0.5, 0.6) is 0 Å². The Balaban J connectivity index is 2.19. The Labute approximate surface area is 104 Å². The summed E-state index contributed by atoms with van der Waals surface area (Å²) in [5.74, 6) is -0.223. The van der Waals surface area contributed by atoms with Crippen molar-refractivity contribution >= 4 is 5.82 Å². The fraction of sp³-hybridized carbons (Fsp3) is 0.250. The van der Waals surface area contributed by atoms with Gasteiger partial charge in [-0.2, -0.15) is 4.68 Å². The van der Waals surface area contributed by atoms with Gasteiger partial charge in [-0.05, 0) is 17.4 Å². The largest absolute Gasteiger partial charge is 0.389 e. The van der Waals surface area contributed by atoms with Gasteiger partial charge in [0.25, 0.3) is 0 Å². The van der Waals surface area contributed by atoms with Crippen LogP contribution in [0, 0.1) is 10.1 Å². The van der Waals surface area contributed by atoms with Crippen LogP contribution in [0.2, 0.25) is 0 Å². The Bertz CT molecular complexity index is 549. The van der Waals surface area contributed by atoms with E-state index in [0.717, 1.165) is 5.56 Å². The number of aliphatic hydroxyl groups is 1. The predicted molar refractivity (Wildman–Crippen MR) is 64.9 cm³/mol. The van der Waals surface area contributed by atoms with Crippen LogP contribution < -0.4 is 0 Å². The Kier molecular flexibility index (Phi) is 3.12. The molecule has 1 atom stereocenters. The first kappa shape index (κ1) is 12.3. The molecule has 0 radical (unpaired) electrons. The molecule has 2 rings (SSSR count). The molecule has 1 N–H and O–H groups in total. The van der Waals surface area contributed by atoms with E-state index in [2.05, 4.69) is 5.10 Å². The zero-order valence-corrected chi connectivity index (χ0v) is 9.85.